The van der Waals surface area contributed by atoms with Gasteiger partial charge in [-0.2, -0.15) is 0 Å². The predicted molar refractivity (Wildman–Crippen MR) is 105 cm³/mol. The molecule has 0 unspecified atom stereocenters. The lowest BCUT2D eigenvalue weighted by Gasteiger charge is -2.35. The number of carbonyl (C=O) groups is 1. The summed E-state index contributed by atoms with van der Waals surface area (Å²) in [6, 6.07) is 4.62. The molecule has 1 aliphatic heterocycles. The SMILES string of the molecule is CC(C)CN1CCN(C(=O)c2ccc(Sc3nncn3C)c([N+](=O)[O-])c2)CC1. The third-order valence-electron chi connectivity index (χ3n) is 4.56. The number of amides is 1. The molecule has 28 heavy (non-hydrogen) atoms. The number of nitrogens with zero attached hydrogens (tertiary/aromatic N) is 6. The lowest BCUT2D eigenvalue weighted by Crippen LogP contribution is -2.49. The quantitative estimate of drug-likeness (QED) is 0.538. The van der Waals surface area contributed by atoms with Crippen LogP contribution in [-0.2, 0) is 7.05 Å². The van der Waals surface area contributed by atoms with Gasteiger partial charge in [0.05, 0.1) is 9.82 Å². The third kappa shape index (κ3) is 4.68. The highest BCUT2D eigenvalue weighted by molar-refractivity contribution is 7.99. The zero-order valence-corrected chi connectivity index (χ0v) is 17.1. The highest BCUT2D eigenvalue weighted by Gasteiger charge is 2.25. The summed E-state index contributed by atoms with van der Waals surface area (Å²) in [6.07, 6.45) is 1.53. The van der Waals surface area contributed by atoms with Gasteiger partial charge in [0.15, 0.2) is 5.16 Å². The van der Waals surface area contributed by atoms with Crippen LogP contribution in [0, 0.1) is 16.0 Å². The normalized spacial score (nSPS) is 15.2. The van der Waals surface area contributed by atoms with Gasteiger partial charge in [-0.1, -0.05) is 13.8 Å². The molecule has 3 rings (SSSR count). The second-order valence-electron chi connectivity index (χ2n) is 7.25. The predicted octanol–water partition coefficient (Wildman–Crippen LogP) is 2.29. The number of nitro groups is 1. The van der Waals surface area contributed by atoms with E-state index in [0.717, 1.165) is 31.4 Å². The van der Waals surface area contributed by atoms with Crippen molar-refractivity contribution in [2.45, 2.75) is 23.9 Å². The molecule has 0 spiro atoms. The molecular formula is C18H24N6O3S. The van der Waals surface area contributed by atoms with Gasteiger partial charge in [0.25, 0.3) is 11.6 Å². The van der Waals surface area contributed by atoms with Crippen molar-refractivity contribution in [2.75, 3.05) is 32.7 Å². The van der Waals surface area contributed by atoms with Gasteiger partial charge in [-0.25, -0.2) is 0 Å². The van der Waals surface area contributed by atoms with Crippen molar-refractivity contribution in [1.29, 1.82) is 0 Å². The monoisotopic (exact) mass is 404 g/mol. The summed E-state index contributed by atoms with van der Waals surface area (Å²) in [4.78, 5) is 28.5. The molecule has 150 valence electrons. The summed E-state index contributed by atoms with van der Waals surface area (Å²) in [7, 11) is 1.77. The van der Waals surface area contributed by atoms with Gasteiger partial charge in [0.2, 0.25) is 0 Å². The van der Waals surface area contributed by atoms with E-state index >= 15 is 0 Å². The van der Waals surface area contributed by atoms with Crippen LogP contribution in [0.1, 0.15) is 24.2 Å². The summed E-state index contributed by atoms with van der Waals surface area (Å²) in [5.41, 5.74) is 0.239. The first-order chi connectivity index (χ1) is 13.3. The Labute approximate surface area is 167 Å². The smallest absolute Gasteiger partial charge is 0.284 e. The summed E-state index contributed by atoms with van der Waals surface area (Å²) in [6.45, 7) is 8.29. The van der Waals surface area contributed by atoms with Crippen LogP contribution in [0.3, 0.4) is 0 Å². The lowest BCUT2D eigenvalue weighted by molar-refractivity contribution is -0.387. The van der Waals surface area contributed by atoms with Crippen molar-refractivity contribution >= 4 is 23.4 Å². The molecule has 1 fully saturated rings. The largest absolute Gasteiger partial charge is 0.336 e. The highest BCUT2D eigenvalue weighted by atomic mass is 32.2. The van der Waals surface area contributed by atoms with Crippen molar-refractivity contribution in [3.8, 4) is 0 Å². The van der Waals surface area contributed by atoms with E-state index in [4.69, 9.17) is 0 Å². The first-order valence-corrected chi connectivity index (χ1v) is 9.98. The van der Waals surface area contributed by atoms with E-state index < -0.39 is 4.92 Å². The zero-order chi connectivity index (χ0) is 20.3. The molecule has 1 saturated heterocycles. The van der Waals surface area contributed by atoms with Gasteiger partial charge < -0.3 is 9.47 Å². The first kappa shape index (κ1) is 20.3. The number of hydrogen-bond acceptors (Lipinski definition) is 7. The van der Waals surface area contributed by atoms with Gasteiger partial charge in [-0.3, -0.25) is 19.8 Å². The molecule has 0 atom stereocenters. The molecule has 0 radical (unpaired) electrons. The first-order valence-electron chi connectivity index (χ1n) is 9.17. The number of benzene rings is 1. The maximum Gasteiger partial charge on any atom is 0.284 e. The fourth-order valence-corrected chi connectivity index (χ4v) is 4.03. The van der Waals surface area contributed by atoms with Crippen LogP contribution >= 0.6 is 11.8 Å². The van der Waals surface area contributed by atoms with Crippen molar-refractivity contribution < 1.29 is 9.72 Å². The van der Waals surface area contributed by atoms with E-state index in [-0.39, 0.29) is 11.6 Å². The summed E-state index contributed by atoms with van der Waals surface area (Å²) in [5.74, 6) is 0.423. The highest BCUT2D eigenvalue weighted by Crippen LogP contribution is 2.34. The maximum absolute atomic E-state index is 12.8. The Morgan fingerprint density at radius 1 is 1.29 bits per heavy atom. The van der Waals surface area contributed by atoms with Crippen LogP contribution in [0.4, 0.5) is 5.69 Å². The van der Waals surface area contributed by atoms with Gasteiger partial charge in [-0.05, 0) is 29.8 Å². The summed E-state index contributed by atoms with van der Waals surface area (Å²) < 4.78 is 1.68. The van der Waals surface area contributed by atoms with E-state index in [1.807, 2.05) is 0 Å². The number of rotatable bonds is 6. The number of aryl methyl sites for hydroxylation is 1. The lowest BCUT2D eigenvalue weighted by atomic mass is 10.1. The number of carbonyl (C=O) groups excluding carboxylic acids is 1. The topological polar surface area (TPSA) is 97.4 Å². The van der Waals surface area contributed by atoms with Crippen LogP contribution in [0.5, 0.6) is 0 Å². The number of hydrogen-bond donors (Lipinski definition) is 0. The van der Waals surface area contributed by atoms with Crippen LogP contribution in [-0.4, -0.2) is 68.1 Å². The van der Waals surface area contributed by atoms with Crippen LogP contribution < -0.4 is 0 Å². The zero-order valence-electron chi connectivity index (χ0n) is 16.2. The number of nitro benzene ring substituents is 1. The van der Waals surface area contributed by atoms with Gasteiger partial charge in [0, 0.05) is 51.4 Å². The van der Waals surface area contributed by atoms with Gasteiger partial charge in [0.1, 0.15) is 6.33 Å². The molecular weight excluding hydrogens is 380 g/mol. The minimum atomic E-state index is -0.462. The second kappa shape index (κ2) is 8.70. The Morgan fingerprint density at radius 2 is 2.00 bits per heavy atom. The summed E-state index contributed by atoms with van der Waals surface area (Å²) >= 11 is 1.15. The molecule has 0 saturated carbocycles. The van der Waals surface area contributed by atoms with Crippen molar-refractivity contribution in [2.24, 2.45) is 13.0 Å². The van der Waals surface area contributed by atoms with E-state index in [0.29, 0.717) is 34.6 Å². The fraction of sp³-hybridized carbons (Fsp3) is 0.500. The third-order valence-corrected chi connectivity index (χ3v) is 5.67. The van der Waals surface area contributed by atoms with Crippen LogP contribution in [0.15, 0.2) is 34.6 Å². The Balaban J connectivity index is 1.74. The second-order valence-corrected chi connectivity index (χ2v) is 8.26. The Bertz CT molecular complexity index is 861. The Kier molecular flexibility index (Phi) is 6.30. The minimum Gasteiger partial charge on any atom is -0.336 e. The molecule has 2 aromatic rings. The molecule has 1 aromatic heterocycles. The van der Waals surface area contributed by atoms with Crippen LogP contribution in [0.25, 0.3) is 0 Å². The minimum absolute atomic E-state index is 0.0997. The molecule has 1 aromatic carbocycles. The maximum atomic E-state index is 12.8. The number of piperazine rings is 1. The van der Waals surface area contributed by atoms with Crippen LogP contribution in [0.2, 0.25) is 0 Å². The Morgan fingerprint density at radius 3 is 2.57 bits per heavy atom. The molecule has 2 heterocycles. The van der Waals surface area contributed by atoms with Crippen molar-refractivity contribution in [3.05, 3.63) is 40.2 Å². The number of aromatic nitrogens is 3. The van der Waals surface area contributed by atoms with Gasteiger partial charge in [-0.15, -0.1) is 10.2 Å². The Hall–Kier alpha value is -2.46. The van der Waals surface area contributed by atoms with Crippen molar-refractivity contribution in [1.82, 2.24) is 24.6 Å². The standard InChI is InChI=1S/C18H24N6O3S/c1-13(2)11-22-6-8-23(9-7-22)17(25)14-4-5-16(15(10-14)24(26)27)28-18-20-19-12-21(18)3/h4-5,10,12-13H,6-9,11H2,1-3H3. The molecule has 10 heteroatoms. The summed E-state index contributed by atoms with van der Waals surface area (Å²) in [5, 5.41) is 19.8. The molecule has 0 bridgehead atoms. The van der Waals surface area contributed by atoms with Crippen molar-refractivity contribution in [3.63, 3.8) is 0 Å². The molecule has 1 amide bonds. The van der Waals surface area contributed by atoms with E-state index in [1.54, 1.807) is 28.6 Å². The van der Waals surface area contributed by atoms with E-state index in [2.05, 4.69) is 28.9 Å². The fourth-order valence-electron chi connectivity index (χ4n) is 3.18. The molecule has 0 aliphatic carbocycles. The molecule has 9 nitrogen and oxygen atoms in total. The average Bonchev–Trinajstić information content (AvgIpc) is 3.06. The molecule has 1 aliphatic rings. The van der Waals surface area contributed by atoms with E-state index in [1.165, 1.54) is 12.4 Å². The average molecular weight is 404 g/mol. The molecule has 0 N–H and O–H groups in total. The van der Waals surface area contributed by atoms with Gasteiger partial charge >= 0.3 is 0 Å². The van der Waals surface area contributed by atoms with E-state index in [9.17, 15) is 14.9 Å².